The van der Waals surface area contributed by atoms with E-state index in [0.29, 0.717) is 36.2 Å². The van der Waals surface area contributed by atoms with Crippen molar-refractivity contribution in [3.05, 3.63) is 58.6 Å². The third kappa shape index (κ3) is 5.96. The minimum Gasteiger partial charge on any atom is -0.493 e. The fraction of sp³-hybridized carbons (Fsp3) is 0.316. The fourth-order valence-corrected chi connectivity index (χ4v) is 2.80. The third-order valence-electron chi connectivity index (χ3n) is 3.79. The number of benzene rings is 2. The second-order valence-corrected chi connectivity index (χ2v) is 6.34. The predicted octanol–water partition coefficient (Wildman–Crippen LogP) is 1.69. The molecule has 0 fully saturated rings. The molecular formula is C19H24ClN2O3+. The molecule has 2 rings (SSSR count). The van der Waals surface area contributed by atoms with Crippen LogP contribution in [0.4, 0.5) is 0 Å². The molecule has 25 heavy (non-hydrogen) atoms. The SMILES string of the molecule is COc1ccc(C[NH+](C)CC(=O)NCc2cccc(Cl)c2)cc1OC. The number of rotatable bonds is 8. The van der Waals surface area contributed by atoms with Gasteiger partial charge in [-0.1, -0.05) is 23.7 Å². The fourth-order valence-electron chi connectivity index (χ4n) is 2.59. The lowest BCUT2D eigenvalue weighted by Crippen LogP contribution is -3.08. The van der Waals surface area contributed by atoms with Gasteiger partial charge in [-0.2, -0.15) is 0 Å². The average Bonchev–Trinajstić information content (AvgIpc) is 2.59. The molecule has 2 aromatic rings. The average molecular weight is 364 g/mol. The van der Waals surface area contributed by atoms with Crippen molar-refractivity contribution in [2.75, 3.05) is 27.8 Å². The van der Waals surface area contributed by atoms with Gasteiger partial charge in [0.05, 0.1) is 21.3 Å². The highest BCUT2D eigenvalue weighted by atomic mass is 35.5. The molecule has 0 bridgehead atoms. The highest BCUT2D eigenvalue weighted by Gasteiger charge is 2.12. The van der Waals surface area contributed by atoms with Gasteiger partial charge in [0.1, 0.15) is 6.54 Å². The summed E-state index contributed by atoms with van der Waals surface area (Å²) in [7, 11) is 5.20. The molecule has 0 spiro atoms. The van der Waals surface area contributed by atoms with Crippen LogP contribution in [0.3, 0.4) is 0 Å². The zero-order valence-corrected chi connectivity index (χ0v) is 15.5. The van der Waals surface area contributed by atoms with Crippen molar-refractivity contribution in [2.45, 2.75) is 13.1 Å². The first-order valence-corrected chi connectivity index (χ1v) is 8.43. The molecule has 134 valence electrons. The summed E-state index contributed by atoms with van der Waals surface area (Å²) < 4.78 is 10.6. The summed E-state index contributed by atoms with van der Waals surface area (Å²) in [6, 6.07) is 13.3. The number of likely N-dealkylation sites (N-methyl/N-ethyl adjacent to an activating group) is 1. The van der Waals surface area contributed by atoms with Crippen LogP contribution < -0.4 is 19.7 Å². The van der Waals surface area contributed by atoms with Gasteiger partial charge in [-0.3, -0.25) is 4.79 Å². The van der Waals surface area contributed by atoms with Crippen molar-refractivity contribution in [2.24, 2.45) is 0 Å². The number of hydrogen-bond acceptors (Lipinski definition) is 3. The Kier molecular flexibility index (Phi) is 7.10. The molecule has 0 saturated carbocycles. The van der Waals surface area contributed by atoms with Crippen molar-refractivity contribution in [3.8, 4) is 11.5 Å². The van der Waals surface area contributed by atoms with Crippen LogP contribution in [0.15, 0.2) is 42.5 Å². The normalized spacial score (nSPS) is 11.7. The summed E-state index contributed by atoms with van der Waals surface area (Å²) in [6.45, 7) is 1.57. The van der Waals surface area contributed by atoms with Gasteiger partial charge >= 0.3 is 0 Å². The first-order valence-electron chi connectivity index (χ1n) is 8.05. The van der Waals surface area contributed by atoms with Crippen molar-refractivity contribution in [3.63, 3.8) is 0 Å². The number of carbonyl (C=O) groups is 1. The standard InChI is InChI=1S/C19H23ClN2O3/c1-22(12-15-7-8-17(24-2)18(10-15)25-3)13-19(23)21-11-14-5-4-6-16(20)9-14/h4-10H,11-13H2,1-3H3,(H,21,23)/p+1. The van der Waals surface area contributed by atoms with E-state index in [0.717, 1.165) is 16.0 Å². The van der Waals surface area contributed by atoms with Gasteiger partial charge in [0.15, 0.2) is 18.0 Å². The highest BCUT2D eigenvalue weighted by Crippen LogP contribution is 2.27. The highest BCUT2D eigenvalue weighted by molar-refractivity contribution is 6.30. The van der Waals surface area contributed by atoms with E-state index in [1.807, 2.05) is 49.5 Å². The number of nitrogens with one attached hydrogen (secondary N) is 2. The Morgan fingerprint density at radius 3 is 2.52 bits per heavy atom. The molecule has 0 aliphatic rings. The molecule has 1 unspecified atom stereocenters. The third-order valence-corrected chi connectivity index (χ3v) is 4.03. The molecule has 0 aliphatic heterocycles. The number of hydrogen-bond donors (Lipinski definition) is 2. The van der Waals surface area contributed by atoms with Crippen LogP contribution >= 0.6 is 11.6 Å². The zero-order chi connectivity index (χ0) is 18.2. The number of amides is 1. The molecule has 1 atom stereocenters. The predicted molar refractivity (Wildman–Crippen MR) is 98.3 cm³/mol. The number of halogens is 1. The van der Waals surface area contributed by atoms with Crippen molar-refractivity contribution in [1.82, 2.24) is 5.32 Å². The van der Waals surface area contributed by atoms with E-state index < -0.39 is 0 Å². The molecule has 0 saturated heterocycles. The van der Waals surface area contributed by atoms with Gasteiger partial charge in [-0.15, -0.1) is 0 Å². The molecule has 0 radical (unpaired) electrons. The maximum Gasteiger partial charge on any atom is 0.275 e. The Morgan fingerprint density at radius 1 is 1.08 bits per heavy atom. The van der Waals surface area contributed by atoms with E-state index in [-0.39, 0.29) is 5.91 Å². The summed E-state index contributed by atoms with van der Waals surface area (Å²) in [5, 5.41) is 3.59. The van der Waals surface area contributed by atoms with Gasteiger partial charge < -0.3 is 19.7 Å². The summed E-state index contributed by atoms with van der Waals surface area (Å²) in [5.41, 5.74) is 2.07. The Balaban J connectivity index is 1.85. The van der Waals surface area contributed by atoms with Crippen LogP contribution in [-0.4, -0.2) is 33.7 Å². The minimum absolute atomic E-state index is 0.00190. The smallest absolute Gasteiger partial charge is 0.275 e. The molecule has 6 heteroatoms. The van der Waals surface area contributed by atoms with Crippen molar-refractivity contribution < 1.29 is 19.2 Å². The number of carbonyl (C=O) groups excluding carboxylic acids is 1. The molecule has 2 aromatic carbocycles. The van der Waals surface area contributed by atoms with Gasteiger partial charge in [-0.25, -0.2) is 0 Å². The summed E-state index contributed by atoms with van der Waals surface area (Å²) in [6.07, 6.45) is 0. The molecule has 1 amide bonds. The van der Waals surface area contributed by atoms with Crippen molar-refractivity contribution in [1.29, 1.82) is 0 Å². The molecule has 0 aliphatic carbocycles. The largest absolute Gasteiger partial charge is 0.493 e. The van der Waals surface area contributed by atoms with Crippen LogP contribution in [0.1, 0.15) is 11.1 Å². The summed E-state index contributed by atoms with van der Waals surface area (Å²) in [5.74, 6) is 1.39. The lowest BCUT2D eigenvalue weighted by atomic mass is 10.2. The maximum absolute atomic E-state index is 12.1. The van der Waals surface area contributed by atoms with Gasteiger partial charge in [0.25, 0.3) is 5.91 Å². The van der Waals surface area contributed by atoms with Crippen molar-refractivity contribution >= 4 is 17.5 Å². The van der Waals surface area contributed by atoms with E-state index in [1.165, 1.54) is 0 Å². The van der Waals surface area contributed by atoms with Crippen LogP contribution in [0.25, 0.3) is 0 Å². The first-order chi connectivity index (χ1) is 12.0. The number of ether oxygens (including phenoxy) is 2. The monoisotopic (exact) mass is 363 g/mol. The molecule has 0 heterocycles. The van der Waals surface area contributed by atoms with Gasteiger partial charge in [-0.05, 0) is 35.9 Å². The number of quaternary nitrogens is 1. The van der Waals surface area contributed by atoms with Crippen LogP contribution in [0.5, 0.6) is 11.5 Å². The molecule has 5 nitrogen and oxygen atoms in total. The van der Waals surface area contributed by atoms with E-state index >= 15 is 0 Å². The topological polar surface area (TPSA) is 52.0 Å². The van der Waals surface area contributed by atoms with E-state index in [1.54, 1.807) is 14.2 Å². The lowest BCUT2D eigenvalue weighted by Gasteiger charge is -2.15. The number of methoxy groups -OCH3 is 2. The quantitative estimate of drug-likeness (QED) is 0.750. The van der Waals surface area contributed by atoms with Crippen LogP contribution in [0, 0.1) is 0 Å². The van der Waals surface area contributed by atoms with Gasteiger partial charge in [0, 0.05) is 17.1 Å². The molecule has 2 N–H and O–H groups in total. The first kappa shape index (κ1) is 19.1. The van der Waals surface area contributed by atoms with Gasteiger partial charge in [0.2, 0.25) is 0 Å². The Bertz CT molecular complexity index is 722. The zero-order valence-electron chi connectivity index (χ0n) is 14.8. The Morgan fingerprint density at radius 2 is 1.84 bits per heavy atom. The van der Waals surface area contributed by atoms with E-state index in [2.05, 4.69) is 5.32 Å². The molecule has 0 aromatic heterocycles. The van der Waals surface area contributed by atoms with E-state index in [4.69, 9.17) is 21.1 Å². The van der Waals surface area contributed by atoms with Crippen LogP contribution in [0.2, 0.25) is 5.02 Å². The Hall–Kier alpha value is -2.24. The second kappa shape index (κ2) is 9.30. The maximum atomic E-state index is 12.1. The Labute approximate surface area is 153 Å². The summed E-state index contributed by atoms with van der Waals surface area (Å²) in [4.78, 5) is 13.2. The second-order valence-electron chi connectivity index (χ2n) is 5.91. The molecular weight excluding hydrogens is 340 g/mol. The minimum atomic E-state index is -0.00190. The van der Waals surface area contributed by atoms with Crippen LogP contribution in [-0.2, 0) is 17.9 Å². The summed E-state index contributed by atoms with van der Waals surface area (Å²) >= 11 is 5.95. The lowest BCUT2D eigenvalue weighted by molar-refractivity contribution is -0.885. The van der Waals surface area contributed by atoms with E-state index in [9.17, 15) is 4.79 Å².